The van der Waals surface area contributed by atoms with Gasteiger partial charge in [-0.3, -0.25) is 0 Å². The number of imidazole rings is 1. The van der Waals surface area contributed by atoms with Gasteiger partial charge in [0.15, 0.2) is 0 Å². The van der Waals surface area contributed by atoms with Crippen molar-refractivity contribution in [3.8, 4) is 5.75 Å². The van der Waals surface area contributed by atoms with E-state index >= 15 is 0 Å². The van der Waals surface area contributed by atoms with Crippen LogP contribution in [0.4, 0.5) is 10.3 Å². The third-order valence-corrected chi connectivity index (χ3v) is 3.27. The second kappa shape index (κ2) is 4.85. The van der Waals surface area contributed by atoms with E-state index in [4.69, 9.17) is 10.5 Å². The number of benzene rings is 2. The Balaban J connectivity index is 2.11. The van der Waals surface area contributed by atoms with Gasteiger partial charge in [0.05, 0.1) is 24.7 Å². The molecule has 3 aromatic rings. The molecule has 0 saturated heterocycles. The highest BCUT2D eigenvalue weighted by Crippen LogP contribution is 2.24. The number of anilines is 1. The van der Waals surface area contributed by atoms with Crippen LogP contribution in [0.5, 0.6) is 5.75 Å². The van der Waals surface area contributed by atoms with Crippen LogP contribution in [-0.2, 0) is 6.54 Å². The molecule has 0 aliphatic rings. The molecule has 0 atom stereocenters. The monoisotopic (exact) mass is 271 g/mol. The summed E-state index contributed by atoms with van der Waals surface area (Å²) in [4.78, 5) is 4.28. The van der Waals surface area contributed by atoms with Gasteiger partial charge in [-0.1, -0.05) is 18.2 Å². The Hall–Kier alpha value is -2.56. The van der Waals surface area contributed by atoms with Gasteiger partial charge in [0.2, 0.25) is 5.95 Å². The minimum atomic E-state index is -0.253. The predicted octanol–water partition coefficient (Wildman–Crippen LogP) is 2.81. The van der Waals surface area contributed by atoms with Crippen LogP contribution >= 0.6 is 0 Å². The molecule has 5 heteroatoms. The van der Waals surface area contributed by atoms with Crippen LogP contribution in [0.3, 0.4) is 0 Å². The topological polar surface area (TPSA) is 53.1 Å². The number of ether oxygens (including phenoxy) is 1. The fourth-order valence-electron chi connectivity index (χ4n) is 2.21. The molecule has 0 aliphatic heterocycles. The zero-order valence-electron chi connectivity index (χ0n) is 11.0. The van der Waals surface area contributed by atoms with Crippen LogP contribution in [0.15, 0.2) is 42.5 Å². The zero-order valence-corrected chi connectivity index (χ0v) is 11.0. The van der Waals surface area contributed by atoms with Gasteiger partial charge in [0, 0.05) is 11.6 Å². The molecule has 0 spiro atoms. The van der Waals surface area contributed by atoms with E-state index < -0.39 is 0 Å². The van der Waals surface area contributed by atoms with E-state index in [1.165, 1.54) is 6.07 Å². The summed E-state index contributed by atoms with van der Waals surface area (Å²) < 4.78 is 20.7. The molecule has 0 radical (unpaired) electrons. The Kier molecular flexibility index (Phi) is 3.02. The number of nitrogen functional groups attached to an aromatic ring is 1. The first kappa shape index (κ1) is 12.5. The summed E-state index contributed by atoms with van der Waals surface area (Å²) in [5.74, 6) is 0.820. The van der Waals surface area contributed by atoms with Crippen LogP contribution in [0.2, 0.25) is 0 Å². The summed E-state index contributed by atoms with van der Waals surface area (Å²) in [7, 11) is 1.60. The van der Waals surface area contributed by atoms with Gasteiger partial charge in [0.25, 0.3) is 0 Å². The minimum absolute atomic E-state index is 0.253. The Morgan fingerprint density at radius 2 is 2.05 bits per heavy atom. The molecule has 0 aliphatic carbocycles. The minimum Gasteiger partial charge on any atom is -0.497 e. The summed E-state index contributed by atoms with van der Waals surface area (Å²) in [6, 6.07) is 12.1. The lowest BCUT2D eigenvalue weighted by molar-refractivity contribution is 0.415. The van der Waals surface area contributed by atoms with E-state index in [1.54, 1.807) is 29.9 Å². The van der Waals surface area contributed by atoms with E-state index in [0.717, 1.165) is 11.0 Å². The molecule has 4 nitrogen and oxygen atoms in total. The molecule has 1 aromatic heterocycles. The second-order valence-corrected chi connectivity index (χ2v) is 4.50. The van der Waals surface area contributed by atoms with Crippen molar-refractivity contribution in [1.82, 2.24) is 9.55 Å². The number of nitrogens with two attached hydrogens (primary N) is 1. The van der Waals surface area contributed by atoms with Crippen molar-refractivity contribution >= 4 is 17.0 Å². The number of fused-ring (bicyclic) bond motifs is 1. The standard InChI is InChI=1S/C15H14FN3O/c1-20-11-6-7-13-14(8-11)19(15(17)18-13)9-10-4-2-3-5-12(10)16/h2-8H,9H2,1H3,(H2,17,18). The zero-order chi connectivity index (χ0) is 14.1. The van der Waals surface area contributed by atoms with Gasteiger partial charge < -0.3 is 15.0 Å². The van der Waals surface area contributed by atoms with Crippen LogP contribution in [0, 0.1) is 5.82 Å². The van der Waals surface area contributed by atoms with Crippen molar-refractivity contribution in [3.05, 3.63) is 53.8 Å². The number of hydrogen-bond acceptors (Lipinski definition) is 3. The Labute approximate surface area is 115 Å². The summed E-state index contributed by atoms with van der Waals surface area (Å²) >= 11 is 0. The molecule has 3 rings (SSSR count). The van der Waals surface area contributed by atoms with Gasteiger partial charge in [-0.2, -0.15) is 0 Å². The molecule has 1 heterocycles. The first-order chi connectivity index (χ1) is 9.69. The van der Waals surface area contributed by atoms with Crippen molar-refractivity contribution in [1.29, 1.82) is 0 Å². The predicted molar refractivity (Wildman–Crippen MR) is 76.2 cm³/mol. The summed E-state index contributed by atoms with van der Waals surface area (Å²) in [5, 5.41) is 0. The van der Waals surface area contributed by atoms with Crippen LogP contribution in [-0.4, -0.2) is 16.7 Å². The molecule has 0 bridgehead atoms. The number of rotatable bonds is 3. The van der Waals surface area contributed by atoms with E-state index in [0.29, 0.717) is 23.8 Å². The fourth-order valence-corrected chi connectivity index (χ4v) is 2.21. The maximum atomic E-state index is 13.8. The Morgan fingerprint density at radius 3 is 2.80 bits per heavy atom. The smallest absolute Gasteiger partial charge is 0.201 e. The van der Waals surface area contributed by atoms with Crippen LogP contribution in [0.25, 0.3) is 11.0 Å². The number of methoxy groups -OCH3 is 1. The van der Waals surface area contributed by atoms with Gasteiger partial charge in [-0.15, -0.1) is 0 Å². The number of nitrogens with zero attached hydrogens (tertiary/aromatic N) is 2. The van der Waals surface area contributed by atoms with Crippen molar-refractivity contribution < 1.29 is 9.13 Å². The molecule has 2 aromatic carbocycles. The second-order valence-electron chi connectivity index (χ2n) is 4.50. The molecule has 102 valence electrons. The summed E-state index contributed by atoms with van der Waals surface area (Å²) in [5.41, 5.74) is 8.09. The first-order valence-electron chi connectivity index (χ1n) is 6.22. The first-order valence-corrected chi connectivity index (χ1v) is 6.22. The Morgan fingerprint density at radius 1 is 1.25 bits per heavy atom. The maximum Gasteiger partial charge on any atom is 0.201 e. The number of hydrogen-bond donors (Lipinski definition) is 1. The maximum absolute atomic E-state index is 13.8. The molecule has 20 heavy (non-hydrogen) atoms. The van der Waals surface area contributed by atoms with Gasteiger partial charge in [0.1, 0.15) is 11.6 Å². The fraction of sp³-hybridized carbons (Fsp3) is 0.133. The summed E-state index contributed by atoms with van der Waals surface area (Å²) in [6.07, 6.45) is 0. The van der Waals surface area contributed by atoms with Gasteiger partial charge in [-0.25, -0.2) is 9.37 Å². The number of aromatic nitrogens is 2. The molecule has 2 N–H and O–H groups in total. The lowest BCUT2D eigenvalue weighted by Gasteiger charge is -2.08. The highest BCUT2D eigenvalue weighted by atomic mass is 19.1. The molecular weight excluding hydrogens is 257 g/mol. The van der Waals surface area contributed by atoms with Gasteiger partial charge in [-0.05, 0) is 18.2 Å². The van der Waals surface area contributed by atoms with Crippen molar-refractivity contribution in [2.24, 2.45) is 0 Å². The molecule has 0 saturated carbocycles. The van der Waals surface area contributed by atoms with Crippen molar-refractivity contribution in [2.75, 3.05) is 12.8 Å². The SMILES string of the molecule is COc1ccc2nc(N)n(Cc3ccccc3F)c2c1. The van der Waals surface area contributed by atoms with Crippen LogP contribution in [0.1, 0.15) is 5.56 Å². The third-order valence-electron chi connectivity index (χ3n) is 3.27. The van der Waals surface area contributed by atoms with Crippen molar-refractivity contribution in [3.63, 3.8) is 0 Å². The van der Waals surface area contributed by atoms with E-state index in [9.17, 15) is 4.39 Å². The molecular formula is C15H14FN3O. The molecule has 0 amide bonds. The van der Waals surface area contributed by atoms with E-state index in [2.05, 4.69) is 4.98 Å². The number of halogens is 1. The van der Waals surface area contributed by atoms with Crippen LogP contribution < -0.4 is 10.5 Å². The molecule has 0 unspecified atom stereocenters. The van der Waals surface area contributed by atoms with E-state index in [1.807, 2.05) is 18.2 Å². The van der Waals surface area contributed by atoms with E-state index in [-0.39, 0.29) is 5.82 Å². The lowest BCUT2D eigenvalue weighted by atomic mass is 10.2. The highest BCUT2D eigenvalue weighted by Gasteiger charge is 2.11. The molecule has 0 fully saturated rings. The highest BCUT2D eigenvalue weighted by molar-refractivity contribution is 5.80. The third kappa shape index (κ3) is 2.07. The average molecular weight is 271 g/mol. The van der Waals surface area contributed by atoms with Crippen molar-refractivity contribution in [2.45, 2.75) is 6.54 Å². The Bertz CT molecular complexity index is 767. The average Bonchev–Trinajstić information content (AvgIpc) is 2.77. The van der Waals surface area contributed by atoms with Gasteiger partial charge >= 0.3 is 0 Å². The lowest BCUT2D eigenvalue weighted by Crippen LogP contribution is -2.06. The quantitative estimate of drug-likeness (QED) is 0.797. The largest absolute Gasteiger partial charge is 0.497 e. The normalized spacial score (nSPS) is 10.9. The summed E-state index contributed by atoms with van der Waals surface area (Å²) in [6.45, 7) is 0.335.